The molecule has 1 aliphatic heterocycles. The summed E-state index contributed by atoms with van der Waals surface area (Å²) in [5.74, 6) is -0.0362. The second-order valence-electron chi connectivity index (χ2n) is 3.96. The van der Waals surface area contributed by atoms with Crippen LogP contribution in [0, 0.1) is 0 Å². The maximum Gasteiger partial charge on any atom is 0.256 e. The lowest BCUT2D eigenvalue weighted by molar-refractivity contribution is -0.121. The summed E-state index contributed by atoms with van der Waals surface area (Å²) in [5, 5.41) is 4.72. The third kappa shape index (κ3) is 1.99. The van der Waals surface area contributed by atoms with Gasteiger partial charge in [-0.25, -0.2) is 10.4 Å². The average Bonchev–Trinajstić information content (AvgIpc) is 2.81. The maximum absolute atomic E-state index is 11.0. The molecule has 2 heterocycles. The summed E-state index contributed by atoms with van der Waals surface area (Å²) in [6.07, 6.45) is 3.06. The Kier molecular flexibility index (Phi) is 2.79. The van der Waals surface area contributed by atoms with E-state index in [0.717, 1.165) is 22.4 Å². The maximum atomic E-state index is 11.0. The van der Waals surface area contributed by atoms with Gasteiger partial charge in [-0.2, -0.15) is 5.10 Å². The van der Waals surface area contributed by atoms with Crippen molar-refractivity contribution in [3.8, 4) is 0 Å². The van der Waals surface area contributed by atoms with Crippen LogP contribution in [0.5, 0.6) is 0 Å². The SMILES string of the molecule is CSc1nc2cc(C3=NNC(=O)CC3)ccc2o1. The van der Waals surface area contributed by atoms with Crippen molar-refractivity contribution in [2.24, 2.45) is 5.10 Å². The van der Waals surface area contributed by atoms with Gasteiger partial charge in [0.2, 0.25) is 5.91 Å². The van der Waals surface area contributed by atoms with Gasteiger partial charge in [0.15, 0.2) is 5.58 Å². The molecule has 0 radical (unpaired) electrons. The van der Waals surface area contributed by atoms with Crippen molar-refractivity contribution in [3.05, 3.63) is 23.8 Å². The molecule has 5 nitrogen and oxygen atoms in total. The second kappa shape index (κ2) is 4.45. The highest BCUT2D eigenvalue weighted by Crippen LogP contribution is 2.23. The van der Waals surface area contributed by atoms with Gasteiger partial charge in [0.05, 0.1) is 5.71 Å². The van der Waals surface area contributed by atoms with Crippen LogP contribution in [-0.4, -0.2) is 22.9 Å². The summed E-state index contributed by atoms with van der Waals surface area (Å²) in [7, 11) is 0. The molecule has 1 amide bonds. The Morgan fingerprint density at radius 3 is 3.00 bits per heavy atom. The molecule has 0 saturated carbocycles. The number of benzene rings is 1. The van der Waals surface area contributed by atoms with E-state index >= 15 is 0 Å². The molecule has 18 heavy (non-hydrogen) atoms. The van der Waals surface area contributed by atoms with Crippen LogP contribution in [-0.2, 0) is 4.79 Å². The van der Waals surface area contributed by atoms with Gasteiger partial charge in [0, 0.05) is 18.4 Å². The predicted octanol–water partition coefficient (Wildman–Crippen LogP) is 2.16. The number of hydrogen-bond acceptors (Lipinski definition) is 5. The van der Waals surface area contributed by atoms with Crippen LogP contribution in [0.2, 0.25) is 0 Å². The van der Waals surface area contributed by atoms with Crippen molar-refractivity contribution < 1.29 is 9.21 Å². The summed E-state index contributed by atoms with van der Waals surface area (Å²) in [5.41, 5.74) is 5.93. The number of aromatic nitrogens is 1. The van der Waals surface area contributed by atoms with E-state index in [1.54, 1.807) is 0 Å². The van der Waals surface area contributed by atoms with Crippen LogP contribution >= 0.6 is 11.8 Å². The number of carbonyl (C=O) groups excluding carboxylic acids is 1. The largest absolute Gasteiger partial charge is 0.431 e. The van der Waals surface area contributed by atoms with Gasteiger partial charge in [-0.1, -0.05) is 11.8 Å². The first kappa shape index (κ1) is 11.3. The fraction of sp³-hybridized carbons (Fsp3) is 0.250. The van der Waals surface area contributed by atoms with Crippen LogP contribution < -0.4 is 5.43 Å². The van der Waals surface area contributed by atoms with Crippen molar-refractivity contribution >= 4 is 34.5 Å². The minimum Gasteiger partial charge on any atom is -0.431 e. The predicted molar refractivity (Wildman–Crippen MR) is 69.7 cm³/mol. The molecular formula is C12H11N3O2S. The summed E-state index contributed by atoms with van der Waals surface area (Å²) >= 11 is 1.47. The molecule has 6 heteroatoms. The fourth-order valence-corrected chi connectivity index (χ4v) is 2.22. The third-order valence-electron chi connectivity index (χ3n) is 2.78. The van der Waals surface area contributed by atoms with Gasteiger partial charge >= 0.3 is 0 Å². The normalized spacial score (nSPS) is 15.6. The topological polar surface area (TPSA) is 67.5 Å². The quantitative estimate of drug-likeness (QED) is 0.841. The zero-order valence-electron chi connectivity index (χ0n) is 9.77. The summed E-state index contributed by atoms with van der Waals surface area (Å²) in [6.45, 7) is 0. The Morgan fingerprint density at radius 2 is 2.28 bits per heavy atom. The molecule has 1 aromatic heterocycles. The first-order valence-electron chi connectivity index (χ1n) is 5.56. The Labute approximate surface area is 108 Å². The lowest BCUT2D eigenvalue weighted by Crippen LogP contribution is -2.25. The molecule has 0 fully saturated rings. The smallest absolute Gasteiger partial charge is 0.256 e. The number of rotatable bonds is 2. The van der Waals surface area contributed by atoms with Crippen molar-refractivity contribution in [2.45, 2.75) is 18.1 Å². The lowest BCUT2D eigenvalue weighted by atomic mass is 10.0. The minimum atomic E-state index is -0.0362. The summed E-state index contributed by atoms with van der Waals surface area (Å²) < 4.78 is 5.52. The van der Waals surface area contributed by atoms with E-state index in [1.807, 2.05) is 24.5 Å². The van der Waals surface area contributed by atoms with Gasteiger partial charge in [-0.15, -0.1) is 0 Å². The number of amides is 1. The molecule has 2 aromatic rings. The zero-order chi connectivity index (χ0) is 12.5. The molecule has 1 aliphatic rings. The minimum absolute atomic E-state index is 0.0362. The van der Waals surface area contributed by atoms with Crippen LogP contribution in [0.25, 0.3) is 11.1 Å². The number of hydrogen-bond donors (Lipinski definition) is 1. The van der Waals surface area contributed by atoms with E-state index in [1.165, 1.54) is 11.8 Å². The first-order valence-corrected chi connectivity index (χ1v) is 6.79. The van der Waals surface area contributed by atoms with Gasteiger partial charge in [-0.05, 0) is 24.5 Å². The molecule has 0 unspecified atom stereocenters. The Balaban J connectivity index is 2.00. The number of oxazole rings is 1. The van der Waals surface area contributed by atoms with Crippen molar-refractivity contribution in [2.75, 3.05) is 6.26 Å². The van der Waals surface area contributed by atoms with E-state index in [-0.39, 0.29) is 5.91 Å². The Morgan fingerprint density at radius 1 is 1.39 bits per heavy atom. The fourth-order valence-electron chi connectivity index (χ4n) is 1.86. The first-order chi connectivity index (χ1) is 8.76. The van der Waals surface area contributed by atoms with E-state index in [0.29, 0.717) is 18.1 Å². The van der Waals surface area contributed by atoms with E-state index in [4.69, 9.17) is 4.42 Å². The van der Waals surface area contributed by atoms with Crippen molar-refractivity contribution in [3.63, 3.8) is 0 Å². The number of carbonyl (C=O) groups is 1. The summed E-state index contributed by atoms with van der Waals surface area (Å²) in [6, 6.07) is 5.76. The molecule has 0 spiro atoms. The van der Waals surface area contributed by atoms with E-state index in [2.05, 4.69) is 15.5 Å². The average molecular weight is 261 g/mol. The highest BCUT2D eigenvalue weighted by Gasteiger charge is 2.14. The summed E-state index contributed by atoms with van der Waals surface area (Å²) in [4.78, 5) is 15.4. The number of fused-ring (bicyclic) bond motifs is 1. The molecule has 0 saturated heterocycles. The van der Waals surface area contributed by atoms with Gasteiger partial charge < -0.3 is 4.42 Å². The van der Waals surface area contributed by atoms with Gasteiger partial charge in [-0.3, -0.25) is 4.79 Å². The molecule has 3 rings (SSSR count). The van der Waals surface area contributed by atoms with Crippen molar-refractivity contribution in [1.82, 2.24) is 10.4 Å². The van der Waals surface area contributed by atoms with Crippen molar-refractivity contribution in [1.29, 1.82) is 0 Å². The second-order valence-corrected chi connectivity index (χ2v) is 4.72. The molecule has 0 atom stereocenters. The number of nitrogens with zero attached hydrogens (tertiary/aromatic N) is 2. The number of nitrogens with one attached hydrogen (secondary N) is 1. The number of thioether (sulfide) groups is 1. The molecular weight excluding hydrogens is 250 g/mol. The highest BCUT2D eigenvalue weighted by molar-refractivity contribution is 7.98. The van der Waals surface area contributed by atoms with E-state index in [9.17, 15) is 4.79 Å². The van der Waals surface area contributed by atoms with E-state index < -0.39 is 0 Å². The molecule has 0 aliphatic carbocycles. The number of hydrazone groups is 1. The Hall–Kier alpha value is -1.82. The molecule has 92 valence electrons. The van der Waals surface area contributed by atoms with Crippen LogP contribution in [0.15, 0.2) is 32.9 Å². The monoisotopic (exact) mass is 261 g/mol. The van der Waals surface area contributed by atoms with Gasteiger partial charge in [0.1, 0.15) is 5.52 Å². The van der Waals surface area contributed by atoms with Crippen LogP contribution in [0.3, 0.4) is 0 Å². The van der Waals surface area contributed by atoms with Crippen LogP contribution in [0.1, 0.15) is 18.4 Å². The van der Waals surface area contributed by atoms with Crippen LogP contribution in [0.4, 0.5) is 0 Å². The Bertz CT molecular complexity index is 648. The molecule has 1 N–H and O–H groups in total. The third-order valence-corrected chi connectivity index (χ3v) is 3.30. The lowest BCUT2D eigenvalue weighted by Gasteiger charge is -2.11. The standard InChI is InChI=1S/C12H11N3O2S/c1-18-12-13-9-6-7(2-4-10(9)17-12)8-3-5-11(16)15-14-8/h2,4,6H,3,5H2,1H3,(H,15,16). The molecule has 1 aromatic carbocycles. The molecule has 0 bridgehead atoms. The van der Waals surface area contributed by atoms with Gasteiger partial charge in [0.25, 0.3) is 5.22 Å². The zero-order valence-corrected chi connectivity index (χ0v) is 10.6. The highest BCUT2D eigenvalue weighted by atomic mass is 32.2.